The zero-order valence-corrected chi connectivity index (χ0v) is 10.5. The van der Waals surface area contributed by atoms with Gasteiger partial charge in [-0.3, -0.25) is 9.78 Å². The Morgan fingerprint density at radius 1 is 1.32 bits per heavy atom. The molecule has 2 rings (SSSR count). The highest BCUT2D eigenvalue weighted by Crippen LogP contribution is 2.17. The Bertz CT molecular complexity index is 583. The molecule has 19 heavy (non-hydrogen) atoms. The molecule has 0 atom stereocenters. The highest BCUT2D eigenvalue weighted by atomic mass is 19.1. The number of amides is 1. The smallest absolute Gasteiger partial charge is 0.232 e. The van der Waals surface area contributed by atoms with Crippen molar-refractivity contribution in [3.8, 4) is 0 Å². The average molecular weight is 259 g/mol. The van der Waals surface area contributed by atoms with Crippen molar-refractivity contribution in [3.63, 3.8) is 0 Å². The minimum Gasteiger partial charge on any atom is -0.397 e. The third-order valence-corrected chi connectivity index (χ3v) is 2.77. The second-order valence-corrected chi connectivity index (χ2v) is 4.16. The molecule has 1 amide bonds. The van der Waals surface area contributed by atoms with E-state index < -0.39 is 5.82 Å². The lowest BCUT2D eigenvalue weighted by Gasteiger charge is -2.17. The molecule has 1 aromatic heterocycles. The molecule has 0 bridgehead atoms. The van der Waals surface area contributed by atoms with Crippen LogP contribution in [0.5, 0.6) is 0 Å². The Kier molecular flexibility index (Phi) is 3.75. The van der Waals surface area contributed by atoms with Gasteiger partial charge in [0.15, 0.2) is 0 Å². The van der Waals surface area contributed by atoms with Gasteiger partial charge in [0, 0.05) is 12.7 Å². The van der Waals surface area contributed by atoms with Gasteiger partial charge in [-0.15, -0.1) is 0 Å². The summed E-state index contributed by atoms with van der Waals surface area (Å²) in [7, 11) is 1.54. The molecule has 0 aliphatic rings. The number of carbonyl (C=O) groups is 1. The third-order valence-electron chi connectivity index (χ3n) is 2.77. The predicted octanol–water partition coefficient (Wildman–Crippen LogP) is 2.01. The number of nitrogens with zero attached hydrogens (tertiary/aromatic N) is 2. The van der Waals surface area contributed by atoms with Gasteiger partial charge in [0.05, 0.1) is 24.0 Å². The Hall–Kier alpha value is -2.43. The number of carbonyl (C=O) groups excluding carboxylic acids is 1. The van der Waals surface area contributed by atoms with Gasteiger partial charge in [0.1, 0.15) is 5.82 Å². The first-order valence-electron chi connectivity index (χ1n) is 5.79. The fraction of sp³-hybridized carbons (Fsp3) is 0.143. The van der Waals surface area contributed by atoms with E-state index in [0.717, 1.165) is 0 Å². The number of rotatable bonds is 3. The van der Waals surface area contributed by atoms with Gasteiger partial charge >= 0.3 is 0 Å². The summed E-state index contributed by atoms with van der Waals surface area (Å²) in [6.07, 6.45) is 1.59. The molecule has 2 N–H and O–H groups in total. The molecule has 1 aromatic carbocycles. The molecule has 0 saturated carbocycles. The molecule has 0 spiro atoms. The van der Waals surface area contributed by atoms with Crippen molar-refractivity contribution < 1.29 is 9.18 Å². The van der Waals surface area contributed by atoms with E-state index in [2.05, 4.69) is 4.98 Å². The van der Waals surface area contributed by atoms with Crippen LogP contribution in [-0.4, -0.2) is 17.9 Å². The Balaban J connectivity index is 2.12. The van der Waals surface area contributed by atoms with E-state index in [1.54, 1.807) is 30.3 Å². The fourth-order valence-corrected chi connectivity index (χ4v) is 1.67. The molecule has 0 saturated heterocycles. The summed E-state index contributed by atoms with van der Waals surface area (Å²) in [5, 5.41) is 0. The highest BCUT2D eigenvalue weighted by molar-refractivity contribution is 5.94. The average Bonchev–Trinajstić information content (AvgIpc) is 2.41. The number of para-hydroxylation sites is 1. The highest BCUT2D eigenvalue weighted by Gasteiger charge is 2.15. The van der Waals surface area contributed by atoms with Gasteiger partial charge in [-0.25, -0.2) is 4.39 Å². The van der Waals surface area contributed by atoms with Crippen molar-refractivity contribution in [2.75, 3.05) is 17.7 Å². The number of likely N-dealkylation sites (N-methyl/N-ethyl adjacent to an activating group) is 1. The number of nitrogen functional groups attached to an aromatic ring is 1. The van der Waals surface area contributed by atoms with Crippen LogP contribution in [0, 0.1) is 5.82 Å². The molecule has 0 aliphatic carbocycles. The first-order chi connectivity index (χ1) is 9.08. The third kappa shape index (κ3) is 3.07. The van der Waals surface area contributed by atoms with Gasteiger partial charge in [-0.2, -0.15) is 0 Å². The molecule has 5 heteroatoms. The van der Waals surface area contributed by atoms with Crippen LogP contribution in [0.15, 0.2) is 42.6 Å². The monoisotopic (exact) mass is 259 g/mol. The molecule has 0 unspecified atom stereocenters. The van der Waals surface area contributed by atoms with Gasteiger partial charge in [0.25, 0.3) is 0 Å². The number of hydrogen-bond acceptors (Lipinski definition) is 3. The van der Waals surface area contributed by atoms with E-state index >= 15 is 0 Å². The zero-order valence-electron chi connectivity index (χ0n) is 10.5. The molecule has 98 valence electrons. The van der Waals surface area contributed by atoms with Gasteiger partial charge < -0.3 is 10.6 Å². The topological polar surface area (TPSA) is 59.2 Å². The number of anilines is 2. The molecule has 4 nitrogen and oxygen atoms in total. The van der Waals surface area contributed by atoms with E-state index in [9.17, 15) is 9.18 Å². The second kappa shape index (κ2) is 5.48. The molecule has 0 aliphatic heterocycles. The second-order valence-electron chi connectivity index (χ2n) is 4.16. The van der Waals surface area contributed by atoms with Crippen LogP contribution in [0.4, 0.5) is 15.8 Å². The van der Waals surface area contributed by atoms with Crippen LogP contribution in [0.25, 0.3) is 0 Å². The van der Waals surface area contributed by atoms with Crippen molar-refractivity contribution in [2.24, 2.45) is 0 Å². The van der Waals surface area contributed by atoms with E-state index in [1.807, 2.05) is 0 Å². The Labute approximate surface area is 110 Å². The molecule has 1 heterocycles. The summed E-state index contributed by atoms with van der Waals surface area (Å²) in [6.45, 7) is 0. The lowest BCUT2D eigenvalue weighted by Crippen LogP contribution is -2.28. The SMILES string of the molecule is CN(C(=O)Cc1ccc(N)cn1)c1ccccc1F. The van der Waals surface area contributed by atoms with Crippen LogP contribution >= 0.6 is 0 Å². The van der Waals surface area contributed by atoms with Crippen molar-refractivity contribution in [1.29, 1.82) is 0 Å². The van der Waals surface area contributed by atoms with Crippen molar-refractivity contribution >= 4 is 17.3 Å². The maximum Gasteiger partial charge on any atom is 0.232 e. The van der Waals surface area contributed by atoms with E-state index in [-0.39, 0.29) is 18.0 Å². The lowest BCUT2D eigenvalue weighted by molar-refractivity contribution is -0.117. The van der Waals surface area contributed by atoms with E-state index in [4.69, 9.17) is 5.73 Å². The zero-order chi connectivity index (χ0) is 13.8. The number of pyridine rings is 1. The summed E-state index contributed by atoms with van der Waals surface area (Å²) in [4.78, 5) is 17.4. The largest absolute Gasteiger partial charge is 0.397 e. The maximum absolute atomic E-state index is 13.6. The standard InChI is InChI=1S/C14H14FN3O/c1-18(13-5-3-2-4-12(13)15)14(19)8-11-7-6-10(16)9-17-11/h2-7,9H,8,16H2,1H3. The quantitative estimate of drug-likeness (QED) is 0.917. The first kappa shape index (κ1) is 13.0. The van der Waals surface area contributed by atoms with Crippen LogP contribution in [0.1, 0.15) is 5.69 Å². The summed E-state index contributed by atoms with van der Waals surface area (Å²) < 4.78 is 13.6. The Morgan fingerprint density at radius 3 is 2.68 bits per heavy atom. The predicted molar refractivity (Wildman–Crippen MR) is 72.2 cm³/mol. The van der Waals surface area contributed by atoms with Gasteiger partial charge in [-0.05, 0) is 24.3 Å². The van der Waals surface area contributed by atoms with Gasteiger partial charge in [-0.1, -0.05) is 12.1 Å². The number of nitrogens with two attached hydrogens (primary N) is 1. The molecule has 0 radical (unpaired) electrons. The molecule has 2 aromatic rings. The molecular weight excluding hydrogens is 245 g/mol. The number of halogens is 1. The summed E-state index contributed by atoms with van der Waals surface area (Å²) >= 11 is 0. The number of hydrogen-bond donors (Lipinski definition) is 1. The number of benzene rings is 1. The minimum atomic E-state index is -0.427. The summed E-state index contributed by atoms with van der Waals surface area (Å²) in [6, 6.07) is 9.51. The van der Waals surface area contributed by atoms with Crippen LogP contribution in [0.3, 0.4) is 0 Å². The minimum absolute atomic E-state index is 0.102. The fourth-order valence-electron chi connectivity index (χ4n) is 1.67. The van der Waals surface area contributed by atoms with Crippen LogP contribution < -0.4 is 10.6 Å². The Morgan fingerprint density at radius 2 is 2.05 bits per heavy atom. The maximum atomic E-state index is 13.6. The van der Waals surface area contributed by atoms with Gasteiger partial charge in [0.2, 0.25) is 5.91 Å². The van der Waals surface area contributed by atoms with Crippen LogP contribution in [-0.2, 0) is 11.2 Å². The van der Waals surface area contributed by atoms with Crippen LogP contribution in [0.2, 0.25) is 0 Å². The van der Waals surface area contributed by atoms with Crippen molar-refractivity contribution in [3.05, 3.63) is 54.1 Å². The molecule has 0 fully saturated rings. The normalized spacial score (nSPS) is 10.2. The number of aromatic nitrogens is 1. The first-order valence-corrected chi connectivity index (χ1v) is 5.79. The lowest BCUT2D eigenvalue weighted by atomic mass is 10.2. The molecular formula is C14H14FN3O. The van der Waals surface area contributed by atoms with Crippen molar-refractivity contribution in [1.82, 2.24) is 4.98 Å². The van der Waals surface area contributed by atoms with Crippen molar-refractivity contribution in [2.45, 2.75) is 6.42 Å². The summed E-state index contributed by atoms with van der Waals surface area (Å²) in [5.74, 6) is -0.661. The summed E-state index contributed by atoms with van der Waals surface area (Å²) in [5.41, 5.74) is 6.91. The van der Waals surface area contributed by atoms with E-state index in [1.165, 1.54) is 24.2 Å². The van der Waals surface area contributed by atoms with E-state index in [0.29, 0.717) is 11.4 Å².